The summed E-state index contributed by atoms with van der Waals surface area (Å²) in [4.78, 5) is 15.5. The fourth-order valence-electron chi connectivity index (χ4n) is 1.89. The molecule has 3 rings (SSSR count). The Morgan fingerprint density at radius 2 is 2.27 bits per heavy atom. The van der Waals surface area contributed by atoms with Crippen LogP contribution in [-0.2, 0) is 6.61 Å². The number of nitrogens with zero attached hydrogens (tertiary/aromatic N) is 3. The number of nitro benzene ring substituents is 1. The molecule has 3 aromatic rings. The van der Waals surface area contributed by atoms with Crippen molar-refractivity contribution in [1.29, 1.82) is 0 Å². The number of rotatable bonds is 5. The van der Waals surface area contributed by atoms with E-state index in [0.29, 0.717) is 23.0 Å². The lowest BCUT2D eigenvalue weighted by atomic mass is 10.2. The molecule has 0 saturated heterocycles. The number of benzene rings is 1. The van der Waals surface area contributed by atoms with E-state index in [1.165, 1.54) is 17.4 Å². The quantitative estimate of drug-likeness (QED) is 0.527. The van der Waals surface area contributed by atoms with Crippen molar-refractivity contribution < 1.29 is 14.2 Å². The van der Waals surface area contributed by atoms with Gasteiger partial charge >= 0.3 is 0 Å². The maximum atomic E-state index is 10.8. The van der Waals surface area contributed by atoms with Gasteiger partial charge in [0.05, 0.1) is 9.80 Å². The van der Waals surface area contributed by atoms with Gasteiger partial charge in [0.2, 0.25) is 5.82 Å². The Bertz CT molecular complexity index is 798. The second-order valence-corrected chi connectivity index (χ2v) is 5.43. The van der Waals surface area contributed by atoms with Gasteiger partial charge < -0.3 is 9.26 Å². The van der Waals surface area contributed by atoms with Crippen LogP contribution in [0.2, 0.25) is 0 Å². The molecule has 0 aliphatic carbocycles. The monoisotopic (exact) mass is 317 g/mol. The van der Waals surface area contributed by atoms with Crippen LogP contribution in [0.15, 0.2) is 40.2 Å². The highest BCUT2D eigenvalue weighted by Gasteiger charge is 2.12. The van der Waals surface area contributed by atoms with E-state index in [1.807, 2.05) is 17.5 Å². The minimum atomic E-state index is -0.426. The van der Waals surface area contributed by atoms with E-state index in [0.717, 1.165) is 4.88 Å². The lowest BCUT2D eigenvalue weighted by molar-refractivity contribution is -0.385. The maximum absolute atomic E-state index is 10.8. The lowest BCUT2D eigenvalue weighted by Gasteiger charge is -2.04. The molecule has 0 atom stereocenters. The summed E-state index contributed by atoms with van der Waals surface area (Å²) < 4.78 is 10.6. The van der Waals surface area contributed by atoms with Crippen molar-refractivity contribution in [3.63, 3.8) is 0 Å². The van der Waals surface area contributed by atoms with Gasteiger partial charge in [0.25, 0.3) is 11.6 Å². The minimum absolute atomic E-state index is 0.0603. The van der Waals surface area contributed by atoms with Gasteiger partial charge in [-0.1, -0.05) is 11.2 Å². The summed E-state index contributed by atoms with van der Waals surface area (Å²) in [5, 5.41) is 16.6. The van der Waals surface area contributed by atoms with Crippen molar-refractivity contribution in [2.24, 2.45) is 0 Å². The summed E-state index contributed by atoms with van der Waals surface area (Å²) in [7, 11) is 0. The van der Waals surface area contributed by atoms with Gasteiger partial charge in [-0.15, -0.1) is 11.3 Å². The highest BCUT2D eigenvalue weighted by atomic mass is 32.1. The second kappa shape index (κ2) is 5.94. The van der Waals surface area contributed by atoms with Crippen molar-refractivity contribution in [3.8, 4) is 16.5 Å². The van der Waals surface area contributed by atoms with Gasteiger partial charge in [0.15, 0.2) is 6.61 Å². The Balaban J connectivity index is 1.68. The molecule has 112 valence electrons. The van der Waals surface area contributed by atoms with Gasteiger partial charge in [0.1, 0.15) is 5.75 Å². The molecular weight excluding hydrogens is 306 g/mol. The first-order valence-electron chi connectivity index (χ1n) is 6.38. The summed E-state index contributed by atoms with van der Waals surface area (Å²) in [6, 6.07) is 8.37. The third kappa shape index (κ3) is 2.96. The second-order valence-electron chi connectivity index (χ2n) is 4.48. The predicted molar refractivity (Wildman–Crippen MR) is 79.8 cm³/mol. The summed E-state index contributed by atoms with van der Waals surface area (Å²) in [6.07, 6.45) is 0. The molecule has 0 unspecified atom stereocenters. The highest BCUT2D eigenvalue weighted by Crippen LogP contribution is 2.24. The van der Waals surface area contributed by atoms with Crippen molar-refractivity contribution >= 4 is 17.0 Å². The molecule has 2 aromatic heterocycles. The Labute approximate surface area is 129 Å². The summed E-state index contributed by atoms with van der Waals surface area (Å²) >= 11 is 1.52. The molecule has 22 heavy (non-hydrogen) atoms. The number of hydrogen-bond donors (Lipinski definition) is 0. The van der Waals surface area contributed by atoms with Crippen LogP contribution in [0.25, 0.3) is 10.7 Å². The van der Waals surface area contributed by atoms with Crippen LogP contribution in [0.4, 0.5) is 5.69 Å². The molecule has 7 nitrogen and oxygen atoms in total. The fourth-order valence-corrected chi connectivity index (χ4v) is 2.54. The van der Waals surface area contributed by atoms with Crippen molar-refractivity contribution in [2.45, 2.75) is 13.5 Å². The van der Waals surface area contributed by atoms with Crippen LogP contribution in [0.5, 0.6) is 5.75 Å². The van der Waals surface area contributed by atoms with Crippen LogP contribution >= 0.6 is 11.3 Å². The fraction of sp³-hybridized carbons (Fsp3) is 0.143. The SMILES string of the molecule is Cc1cc(OCc2nc(-c3cccs3)no2)ccc1[N+](=O)[O-]. The molecule has 1 aromatic carbocycles. The third-order valence-electron chi connectivity index (χ3n) is 2.94. The minimum Gasteiger partial charge on any atom is -0.484 e. The highest BCUT2D eigenvalue weighted by molar-refractivity contribution is 7.13. The van der Waals surface area contributed by atoms with Crippen LogP contribution in [0, 0.1) is 17.0 Å². The first-order valence-corrected chi connectivity index (χ1v) is 7.26. The Morgan fingerprint density at radius 3 is 2.95 bits per heavy atom. The van der Waals surface area contributed by atoms with Gasteiger partial charge in [-0.25, -0.2) is 0 Å². The number of thiophene rings is 1. The number of hydrogen-bond acceptors (Lipinski definition) is 7. The Hall–Kier alpha value is -2.74. The zero-order valence-electron chi connectivity index (χ0n) is 11.6. The van der Waals surface area contributed by atoms with Crippen molar-refractivity contribution in [1.82, 2.24) is 10.1 Å². The smallest absolute Gasteiger partial charge is 0.272 e. The zero-order chi connectivity index (χ0) is 15.5. The molecule has 0 aliphatic heterocycles. The third-order valence-corrected chi connectivity index (χ3v) is 3.80. The van der Waals surface area contributed by atoms with E-state index in [-0.39, 0.29) is 12.3 Å². The first kappa shape index (κ1) is 14.2. The Kier molecular flexibility index (Phi) is 3.84. The average Bonchev–Trinajstić information content (AvgIpc) is 3.16. The van der Waals surface area contributed by atoms with Crippen molar-refractivity contribution in [3.05, 3.63) is 57.3 Å². The largest absolute Gasteiger partial charge is 0.484 e. The number of aryl methyl sites for hydroxylation is 1. The van der Waals surface area contributed by atoms with E-state index < -0.39 is 4.92 Å². The molecule has 8 heteroatoms. The molecule has 0 fully saturated rings. The summed E-state index contributed by atoms with van der Waals surface area (Å²) in [6.45, 7) is 1.77. The first-order chi connectivity index (χ1) is 10.6. The molecular formula is C14H11N3O4S. The van der Waals surface area contributed by atoms with Crippen molar-refractivity contribution in [2.75, 3.05) is 0 Å². The van der Waals surface area contributed by atoms with E-state index >= 15 is 0 Å². The molecule has 2 heterocycles. The summed E-state index contributed by atoms with van der Waals surface area (Å²) in [5.74, 6) is 1.38. The standard InChI is InChI=1S/C14H11N3O4S/c1-9-7-10(4-5-11(9)17(18)19)20-8-13-15-14(16-21-13)12-3-2-6-22-12/h2-7H,8H2,1H3. The lowest BCUT2D eigenvalue weighted by Crippen LogP contribution is -1.97. The number of nitro groups is 1. The van der Waals surface area contributed by atoms with Gasteiger partial charge in [-0.2, -0.15) is 4.98 Å². The molecule has 0 aliphatic rings. The maximum Gasteiger partial charge on any atom is 0.272 e. The zero-order valence-corrected chi connectivity index (χ0v) is 12.4. The van der Waals surface area contributed by atoms with Crippen LogP contribution < -0.4 is 4.74 Å². The molecule has 0 N–H and O–H groups in total. The predicted octanol–water partition coefficient (Wildman–Crippen LogP) is 3.59. The Morgan fingerprint density at radius 1 is 1.41 bits per heavy atom. The topological polar surface area (TPSA) is 91.3 Å². The average molecular weight is 317 g/mol. The molecule has 0 amide bonds. The molecule has 0 bridgehead atoms. The molecule has 0 saturated carbocycles. The van der Waals surface area contributed by atoms with Crippen LogP contribution in [0.1, 0.15) is 11.5 Å². The van der Waals surface area contributed by atoms with Crippen LogP contribution in [0.3, 0.4) is 0 Å². The van der Waals surface area contributed by atoms with Gasteiger partial charge in [0, 0.05) is 11.6 Å². The van der Waals surface area contributed by atoms with E-state index in [1.54, 1.807) is 19.1 Å². The van der Waals surface area contributed by atoms with E-state index in [4.69, 9.17) is 9.26 Å². The number of ether oxygens (including phenoxy) is 1. The van der Waals surface area contributed by atoms with E-state index in [2.05, 4.69) is 10.1 Å². The normalized spacial score (nSPS) is 10.6. The van der Waals surface area contributed by atoms with Crippen LogP contribution in [-0.4, -0.2) is 15.1 Å². The summed E-state index contributed by atoms with van der Waals surface area (Å²) in [5.41, 5.74) is 0.595. The van der Waals surface area contributed by atoms with Gasteiger partial charge in [-0.05, 0) is 30.5 Å². The molecule has 0 spiro atoms. The number of aromatic nitrogens is 2. The van der Waals surface area contributed by atoms with E-state index in [9.17, 15) is 10.1 Å². The van der Waals surface area contributed by atoms with Gasteiger partial charge in [-0.3, -0.25) is 10.1 Å². The molecule has 0 radical (unpaired) electrons.